The van der Waals surface area contributed by atoms with Gasteiger partial charge in [-0.3, -0.25) is 4.79 Å². The van der Waals surface area contributed by atoms with Gasteiger partial charge in [-0.1, -0.05) is 30.3 Å². The standard InChI is InChI=1S/C12H16O3/c1-9(15-10(2)13)8-12(14)11-6-4-3-5-7-11/h3-7,9,12,14H,8H2,1-2H3. The van der Waals surface area contributed by atoms with Crippen LogP contribution in [0.15, 0.2) is 30.3 Å². The molecule has 3 nitrogen and oxygen atoms in total. The zero-order valence-electron chi connectivity index (χ0n) is 9.01. The molecule has 0 saturated carbocycles. The minimum Gasteiger partial charge on any atom is -0.463 e. The Labute approximate surface area is 89.7 Å². The first-order valence-corrected chi connectivity index (χ1v) is 5.00. The van der Waals surface area contributed by atoms with E-state index in [1.165, 1.54) is 6.92 Å². The number of esters is 1. The third-order valence-corrected chi connectivity index (χ3v) is 2.11. The van der Waals surface area contributed by atoms with Crippen molar-refractivity contribution >= 4 is 5.97 Å². The zero-order chi connectivity index (χ0) is 11.3. The maximum atomic E-state index is 10.7. The summed E-state index contributed by atoms with van der Waals surface area (Å²) in [5.74, 6) is -0.317. The highest BCUT2D eigenvalue weighted by molar-refractivity contribution is 5.66. The quantitative estimate of drug-likeness (QED) is 0.770. The van der Waals surface area contributed by atoms with Crippen molar-refractivity contribution in [3.63, 3.8) is 0 Å². The Bertz CT molecular complexity index is 308. The molecule has 0 saturated heterocycles. The molecule has 0 fully saturated rings. The summed E-state index contributed by atoms with van der Waals surface area (Å²) in [5, 5.41) is 9.81. The van der Waals surface area contributed by atoms with E-state index in [0.29, 0.717) is 6.42 Å². The highest BCUT2D eigenvalue weighted by atomic mass is 16.5. The SMILES string of the molecule is CC(=O)OC(C)CC(O)c1ccccc1. The minimum absolute atomic E-state index is 0.266. The zero-order valence-corrected chi connectivity index (χ0v) is 9.01. The summed E-state index contributed by atoms with van der Waals surface area (Å²) in [6.45, 7) is 3.14. The number of hydrogen-bond donors (Lipinski definition) is 1. The molecule has 1 aromatic carbocycles. The first-order valence-electron chi connectivity index (χ1n) is 5.00. The van der Waals surface area contributed by atoms with E-state index >= 15 is 0 Å². The topological polar surface area (TPSA) is 46.5 Å². The molecule has 15 heavy (non-hydrogen) atoms. The van der Waals surface area contributed by atoms with Gasteiger partial charge in [0.15, 0.2) is 0 Å². The average molecular weight is 208 g/mol. The van der Waals surface area contributed by atoms with Gasteiger partial charge in [0.25, 0.3) is 0 Å². The average Bonchev–Trinajstić information content (AvgIpc) is 2.17. The summed E-state index contributed by atoms with van der Waals surface area (Å²) in [6.07, 6.45) is -0.429. The third-order valence-electron chi connectivity index (χ3n) is 2.11. The summed E-state index contributed by atoms with van der Waals surface area (Å²) in [7, 11) is 0. The van der Waals surface area contributed by atoms with E-state index in [9.17, 15) is 9.90 Å². The Morgan fingerprint density at radius 2 is 2.00 bits per heavy atom. The smallest absolute Gasteiger partial charge is 0.302 e. The number of benzene rings is 1. The molecule has 0 aliphatic heterocycles. The van der Waals surface area contributed by atoms with Gasteiger partial charge in [0, 0.05) is 13.3 Å². The van der Waals surface area contributed by atoms with Crippen molar-refractivity contribution < 1.29 is 14.6 Å². The molecule has 0 radical (unpaired) electrons. The summed E-state index contributed by atoms with van der Waals surface area (Å²) in [5.41, 5.74) is 0.844. The van der Waals surface area contributed by atoms with Gasteiger partial charge in [0.1, 0.15) is 6.10 Å². The third kappa shape index (κ3) is 4.13. The molecule has 0 bridgehead atoms. The maximum Gasteiger partial charge on any atom is 0.302 e. The second-order valence-corrected chi connectivity index (χ2v) is 3.58. The lowest BCUT2D eigenvalue weighted by atomic mass is 10.0. The van der Waals surface area contributed by atoms with Gasteiger partial charge < -0.3 is 9.84 Å². The van der Waals surface area contributed by atoms with Crippen LogP contribution in [0.4, 0.5) is 0 Å². The molecule has 1 rings (SSSR count). The highest BCUT2D eigenvalue weighted by Gasteiger charge is 2.13. The molecule has 0 aliphatic carbocycles. The van der Waals surface area contributed by atoms with Crippen LogP contribution in [-0.2, 0) is 9.53 Å². The van der Waals surface area contributed by atoms with Gasteiger partial charge in [-0.2, -0.15) is 0 Å². The Kier molecular flexibility index (Phi) is 4.31. The normalized spacial score (nSPS) is 14.3. The van der Waals surface area contributed by atoms with Crippen molar-refractivity contribution in [2.24, 2.45) is 0 Å². The fourth-order valence-corrected chi connectivity index (χ4v) is 1.46. The number of ether oxygens (including phenoxy) is 1. The first kappa shape index (κ1) is 11.7. The van der Waals surface area contributed by atoms with Crippen LogP contribution in [0, 0.1) is 0 Å². The second kappa shape index (κ2) is 5.51. The molecule has 0 spiro atoms. The molecule has 1 aromatic rings. The molecule has 0 aromatic heterocycles. The van der Waals surface area contributed by atoms with Crippen molar-refractivity contribution in [1.82, 2.24) is 0 Å². The van der Waals surface area contributed by atoms with Crippen molar-refractivity contribution in [1.29, 1.82) is 0 Å². The number of carbonyl (C=O) groups is 1. The van der Waals surface area contributed by atoms with Crippen LogP contribution in [0.1, 0.15) is 31.9 Å². The number of rotatable bonds is 4. The summed E-state index contributed by atoms with van der Waals surface area (Å²) < 4.78 is 4.94. The maximum absolute atomic E-state index is 10.7. The molecular weight excluding hydrogens is 192 g/mol. The lowest BCUT2D eigenvalue weighted by Crippen LogP contribution is -2.15. The fraction of sp³-hybridized carbons (Fsp3) is 0.417. The number of hydrogen-bond acceptors (Lipinski definition) is 3. The predicted octanol–water partition coefficient (Wildman–Crippen LogP) is 2.06. The van der Waals surface area contributed by atoms with Crippen LogP contribution < -0.4 is 0 Å². The fourth-order valence-electron chi connectivity index (χ4n) is 1.46. The van der Waals surface area contributed by atoms with Gasteiger partial charge in [-0.05, 0) is 12.5 Å². The van der Waals surface area contributed by atoms with E-state index in [1.807, 2.05) is 30.3 Å². The van der Waals surface area contributed by atoms with Crippen LogP contribution in [0.25, 0.3) is 0 Å². The lowest BCUT2D eigenvalue weighted by molar-refractivity contribution is -0.146. The van der Waals surface area contributed by atoms with Gasteiger partial charge >= 0.3 is 5.97 Å². The van der Waals surface area contributed by atoms with E-state index in [4.69, 9.17) is 4.74 Å². The van der Waals surface area contributed by atoms with E-state index < -0.39 is 6.10 Å². The molecule has 0 heterocycles. The number of aliphatic hydroxyl groups excluding tert-OH is 1. The molecule has 1 N–H and O–H groups in total. The number of aliphatic hydroxyl groups is 1. The second-order valence-electron chi connectivity index (χ2n) is 3.58. The van der Waals surface area contributed by atoms with E-state index in [0.717, 1.165) is 5.56 Å². The Balaban J connectivity index is 2.49. The van der Waals surface area contributed by atoms with Crippen LogP contribution in [0.2, 0.25) is 0 Å². The summed E-state index contributed by atoms with van der Waals surface area (Å²) in [6, 6.07) is 9.34. The van der Waals surface area contributed by atoms with Crippen molar-refractivity contribution in [3.8, 4) is 0 Å². The highest BCUT2D eigenvalue weighted by Crippen LogP contribution is 2.18. The van der Waals surface area contributed by atoms with Crippen LogP contribution in [0.5, 0.6) is 0 Å². The van der Waals surface area contributed by atoms with Crippen LogP contribution >= 0.6 is 0 Å². The number of carbonyl (C=O) groups excluding carboxylic acids is 1. The molecule has 82 valence electrons. The van der Waals surface area contributed by atoms with Gasteiger partial charge in [0.05, 0.1) is 6.10 Å². The van der Waals surface area contributed by atoms with Crippen molar-refractivity contribution in [2.75, 3.05) is 0 Å². The molecule has 2 atom stereocenters. The lowest BCUT2D eigenvalue weighted by Gasteiger charge is -2.16. The van der Waals surface area contributed by atoms with Crippen molar-refractivity contribution in [2.45, 2.75) is 32.5 Å². The predicted molar refractivity (Wildman–Crippen MR) is 57.2 cm³/mol. The van der Waals surface area contributed by atoms with Crippen LogP contribution in [-0.4, -0.2) is 17.2 Å². The molecule has 0 amide bonds. The molecule has 0 aliphatic rings. The first-order chi connectivity index (χ1) is 7.09. The molecule has 3 heteroatoms. The van der Waals surface area contributed by atoms with E-state index in [2.05, 4.69) is 0 Å². The summed E-state index contributed by atoms with van der Waals surface area (Å²) >= 11 is 0. The van der Waals surface area contributed by atoms with E-state index in [-0.39, 0.29) is 12.1 Å². The summed E-state index contributed by atoms with van der Waals surface area (Å²) in [4.78, 5) is 10.7. The van der Waals surface area contributed by atoms with Gasteiger partial charge in [-0.25, -0.2) is 0 Å². The van der Waals surface area contributed by atoms with Gasteiger partial charge in [0.2, 0.25) is 0 Å². The molecular formula is C12H16O3. The van der Waals surface area contributed by atoms with Gasteiger partial charge in [-0.15, -0.1) is 0 Å². The Hall–Kier alpha value is -1.35. The molecule has 2 unspecified atom stereocenters. The minimum atomic E-state index is -0.583. The van der Waals surface area contributed by atoms with E-state index in [1.54, 1.807) is 6.92 Å². The monoisotopic (exact) mass is 208 g/mol. The largest absolute Gasteiger partial charge is 0.463 e. The Morgan fingerprint density at radius 1 is 1.40 bits per heavy atom. The van der Waals surface area contributed by atoms with Crippen LogP contribution in [0.3, 0.4) is 0 Å². The Morgan fingerprint density at radius 3 is 2.53 bits per heavy atom. The van der Waals surface area contributed by atoms with Crippen molar-refractivity contribution in [3.05, 3.63) is 35.9 Å².